The van der Waals surface area contributed by atoms with Gasteiger partial charge in [0, 0.05) is 33.9 Å². The Morgan fingerprint density at radius 1 is 1.24 bits per heavy atom. The highest BCUT2D eigenvalue weighted by atomic mass is 79.9. The van der Waals surface area contributed by atoms with Crippen molar-refractivity contribution in [2.75, 3.05) is 5.73 Å². The van der Waals surface area contributed by atoms with Gasteiger partial charge in [0.05, 0.1) is 10.5 Å². The number of alkyl halides is 3. The molecule has 0 aliphatic carbocycles. The fraction of sp³-hybridized carbons (Fsp3) is 0.0833. The van der Waals surface area contributed by atoms with Crippen LogP contribution >= 0.6 is 15.9 Å². The molecule has 5 nitrogen and oxygen atoms in total. The summed E-state index contributed by atoms with van der Waals surface area (Å²) in [6.07, 6.45) is -3.92. The fourth-order valence-electron chi connectivity index (χ4n) is 1.68. The molecule has 0 bridgehead atoms. The van der Waals surface area contributed by atoms with Crippen molar-refractivity contribution >= 4 is 27.4 Å². The van der Waals surface area contributed by atoms with Gasteiger partial charge in [0.25, 0.3) is 5.69 Å². The number of nitro groups is 1. The Labute approximate surface area is 124 Å². The van der Waals surface area contributed by atoms with Crippen molar-refractivity contribution in [2.24, 2.45) is 0 Å². The molecular weight excluding hydrogens is 355 g/mol. The zero-order chi connectivity index (χ0) is 15.8. The highest BCUT2D eigenvalue weighted by Crippen LogP contribution is 2.37. The molecule has 0 atom stereocenters. The Morgan fingerprint density at radius 3 is 2.43 bits per heavy atom. The van der Waals surface area contributed by atoms with E-state index in [-0.39, 0.29) is 27.1 Å². The summed E-state index contributed by atoms with van der Waals surface area (Å²) in [5, 5.41) is 10.7. The molecule has 1 aromatic carbocycles. The summed E-state index contributed by atoms with van der Waals surface area (Å²) in [6.45, 7) is 0. The van der Waals surface area contributed by atoms with Crippen LogP contribution in [0.5, 0.6) is 0 Å². The minimum atomic E-state index is -4.55. The summed E-state index contributed by atoms with van der Waals surface area (Å²) in [5.41, 5.74) is 4.80. The summed E-state index contributed by atoms with van der Waals surface area (Å²) in [5.74, 6) is -0.0995. The molecule has 2 aromatic rings. The van der Waals surface area contributed by atoms with Crippen LogP contribution < -0.4 is 5.73 Å². The van der Waals surface area contributed by atoms with E-state index in [0.717, 1.165) is 6.07 Å². The number of hydrogen-bond donors (Lipinski definition) is 1. The Hall–Kier alpha value is -2.16. The van der Waals surface area contributed by atoms with Crippen molar-refractivity contribution in [1.29, 1.82) is 0 Å². The van der Waals surface area contributed by atoms with Gasteiger partial charge in [-0.3, -0.25) is 10.1 Å². The molecule has 0 aliphatic heterocycles. The first kappa shape index (κ1) is 15.2. The average Bonchev–Trinajstić information content (AvgIpc) is 2.38. The third-order valence-corrected chi connectivity index (χ3v) is 3.36. The first-order valence-electron chi connectivity index (χ1n) is 5.47. The monoisotopic (exact) mass is 361 g/mol. The molecule has 110 valence electrons. The maximum Gasteiger partial charge on any atom is 0.417 e. The van der Waals surface area contributed by atoms with Gasteiger partial charge in [-0.05, 0) is 28.1 Å². The van der Waals surface area contributed by atoms with E-state index in [9.17, 15) is 23.3 Å². The number of hydrogen-bond acceptors (Lipinski definition) is 4. The predicted octanol–water partition coefficient (Wildman–Crippen LogP) is 4.02. The lowest BCUT2D eigenvalue weighted by Gasteiger charge is -2.11. The molecule has 2 rings (SSSR count). The number of benzene rings is 1. The molecule has 0 unspecified atom stereocenters. The van der Waals surface area contributed by atoms with Crippen LogP contribution in [0.1, 0.15) is 5.56 Å². The number of aromatic nitrogens is 1. The smallest absolute Gasteiger partial charge is 0.383 e. The van der Waals surface area contributed by atoms with Crippen LogP contribution in [0.3, 0.4) is 0 Å². The average molecular weight is 362 g/mol. The first-order chi connectivity index (χ1) is 9.70. The normalized spacial score (nSPS) is 11.4. The Morgan fingerprint density at radius 2 is 1.90 bits per heavy atom. The van der Waals surface area contributed by atoms with Crippen LogP contribution in [0.4, 0.5) is 24.7 Å². The van der Waals surface area contributed by atoms with Gasteiger partial charge in [-0.1, -0.05) is 0 Å². The van der Waals surface area contributed by atoms with Gasteiger partial charge in [-0.25, -0.2) is 4.98 Å². The van der Waals surface area contributed by atoms with E-state index in [1.807, 2.05) is 0 Å². The quantitative estimate of drug-likeness (QED) is 0.646. The summed E-state index contributed by atoms with van der Waals surface area (Å²) in [7, 11) is 0. The number of nitrogen functional groups attached to an aromatic ring is 1. The van der Waals surface area contributed by atoms with Crippen LogP contribution in [0.25, 0.3) is 11.1 Å². The van der Waals surface area contributed by atoms with Crippen LogP contribution in [-0.2, 0) is 6.18 Å². The highest BCUT2D eigenvalue weighted by molar-refractivity contribution is 9.10. The molecule has 21 heavy (non-hydrogen) atoms. The van der Waals surface area contributed by atoms with Crippen LogP contribution in [0.2, 0.25) is 0 Å². The highest BCUT2D eigenvalue weighted by Gasteiger charge is 2.32. The molecule has 0 aliphatic rings. The van der Waals surface area contributed by atoms with Gasteiger partial charge in [0.1, 0.15) is 5.82 Å². The fourth-order valence-corrected chi connectivity index (χ4v) is 2.26. The summed E-state index contributed by atoms with van der Waals surface area (Å²) in [6, 6.07) is 4.54. The third kappa shape index (κ3) is 3.13. The lowest BCUT2D eigenvalue weighted by Crippen LogP contribution is -2.07. The molecule has 0 spiro atoms. The van der Waals surface area contributed by atoms with Crippen molar-refractivity contribution in [3.05, 3.63) is 50.6 Å². The molecular formula is C12H7BrF3N3O2. The Kier molecular flexibility index (Phi) is 3.86. The number of non-ortho nitro benzene ring substituents is 1. The maximum atomic E-state index is 12.7. The number of anilines is 1. The van der Waals surface area contributed by atoms with Crippen molar-refractivity contribution in [3.63, 3.8) is 0 Å². The maximum absolute atomic E-state index is 12.7. The molecule has 1 aromatic heterocycles. The Bertz CT molecular complexity index is 719. The SMILES string of the molecule is Nc1ncc(C(F)(F)F)cc1-c1ccc([N+](=O)[O-])cc1Br. The minimum Gasteiger partial charge on any atom is -0.383 e. The Balaban J connectivity index is 2.59. The number of nitro benzene ring substituents is 1. The van der Waals surface area contributed by atoms with E-state index in [0.29, 0.717) is 6.20 Å². The lowest BCUT2D eigenvalue weighted by atomic mass is 10.0. The van der Waals surface area contributed by atoms with Crippen LogP contribution in [0, 0.1) is 10.1 Å². The minimum absolute atomic E-state index is 0.0478. The first-order valence-corrected chi connectivity index (χ1v) is 6.26. The van der Waals surface area contributed by atoms with E-state index in [2.05, 4.69) is 20.9 Å². The van der Waals surface area contributed by atoms with Gasteiger partial charge in [0.15, 0.2) is 0 Å². The lowest BCUT2D eigenvalue weighted by molar-refractivity contribution is -0.384. The summed E-state index contributed by atoms with van der Waals surface area (Å²) >= 11 is 3.09. The van der Waals surface area contributed by atoms with Gasteiger partial charge in [-0.2, -0.15) is 13.2 Å². The zero-order valence-electron chi connectivity index (χ0n) is 10.2. The third-order valence-electron chi connectivity index (χ3n) is 2.70. The molecule has 0 radical (unpaired) electrons. The van der Waals surface area contributed by atoms with Crippen molar-refractivity contribution in [3.8, 4) is 11.1 Å². The van der Waals surface area contributed by atoms with E-state index >= 15 is 0 Å². The molecule has 1 heterocycles. The summed E-state index contributed by atoms with van der Waals surface area (Å²) < 4.78 is 38.4. The largest absolute Gasteiger partial charge is 0.417 e. The van der Waals surface area contributed by atoms with Crippen LogP contribution in [0.15, 0.2) is 34.9 Å². The topological polar surface area (TPSA) is 82.0 Å². The van der Waals surface area contributed by atoms with E-state index < -0.39 is 16.7 Å². The van der Waals surface area contributed by atoms with E-state index in [1.165, 1.54) is 18.2 Å². The molecule has 0 amide bonds. The van der Waals surface area contributed by atoms with E-state index in [1.54, 1.807) is 0 Å². The summed E-state index contributed by atoms with van der Waals surface area (Å²) in [4.78, 5) is 13.6. The molecule has 9 heteroatoms. The molecule has 0 saturated heterocycles. The van der Waals surface area contributed by atoms with Gasteiger partial charge in [-0.15, -0.1) is 0 Å². The molecule has 2 N–H and O–H groups in total. The number of nitrogens with zero attached hydrogens (tertiary/aromatic N) is 2. The number of rotatable bonds is 2. The van der Waals surface area contributed by atoms with Crippen LogP contribution in [-0.4, -0.2) is 9.91 Å². The van der Waals surface area contributed by atoms with Gasteiger partial charge < -0.3 is 5.73 Å². The molecule has 0 saturated carbocycles. The van der Waals surface area contributed by atoms with E-state index in [4.69, 9.17) is 5.73 Å². The zero-order valence-corrected chi connectivity index (χ0v) is 11.8. The predicted molar refractivity (Wildman–Crippen MR) is 73.4 cm³/mol. The second-order valence-electron chi connectivity index (χ2n) is 4.08. The van der Waals surface area contributed by atoms with Gasteiger partial charge >= 0.3 is 6.18 Å². The van der Waals surface area contributed by atoms with Crippen molar-refractivity contribution in [2.45, 2.75) is 6.18 Å². The standard InChI is InChI=1S/C12H7BrF3N3O2/c13-10-4-7(19(20)21)1-2-8(10)9-3-6(12(14,15)16)5-18-11(9)17/h1-5H,(H2,17,18). The molecule has 0 fully saturated rings. The second-order valence-corrected chi connectivity index (χ2v) is 4.93. The van der Waals surface area contributed by atoms with Gasteiger partial charge in [0.2, 0.25) is 0 Å². The van der Waals surface area contributed by atoms with Crippen molar-refractivity contribution < 1.29 is 18.1 Å². The number of nitrogens with two attached hydrogens (primary N) is 1. The number of halogens is 4. The number of pyridine rings is 1. The second kappa shape index (κ2) is 5.32. The van der Waals surface area contributed by atoms with Crippen molar-refractivity contribution in [1.82, 2.24) is 4.98 Å².